The van der Waals surface area contributed by atoms with Crippen molar-refractivity contribution in [3.63, 3.8) is 0 Å². The molecule has 0 saturated carbocycles. The number of nitro groups is 1. The summed E-state index contributed by atoms with van der Waals surface area (Å²) in [5, 5.41) is 14.2. The molecule has 1 aliphatic heterocycles. The van der Waals surface area contributed by atoms with E-state index in [1.807, 2.05) is 20.0 Å². The Morgan fingerprint density at radius 3 is 2.89 bits per heavy atom. The minimum Gasteiger partial charge on any atom is -0.373 e. The predicted octanol–water partition coefficient (Wildman–Crippen LogP) is 2.09. The van der Waals surface area contributed by atoms with Crippen LogP contribution in [-0.2, 0) is 0 Å². The van der Waals surface area contributed by atoms with Gasteiger partial charge in [-0.3, -0.25) is 10.1 Å². The molecule has 1 saturated heterocycles. The first kappa shape index (κ1) is 12.8. The number of aryl methyl sites for hydroxylation is 1. The summed E-state index contributed by atoms with van der Waals surface area (Å²) in [6.07, 6.45) is 2.44. The molecule has 1 aliphatic rings. The SMILES string of the molecule is Cc1cc([N+](=O)[O-])ccc1N(C)CC1CCCN1. The first-order valence-electron chi connectivity index (χ1n) is 6.27. The fourth-order valence-electron chi connectivity index (χ4n) is 2.52. The highest BCUT2D eigenvalue weighted by molar-refractivity contribution is 5.57. The second-order valence-corrected chi connectivity index (χ2v) is 4.90. The van der Waals surface area contributed by atoms with Crippen molar-refractivity contribution in [2.24, 2.45) is 0 Å². The minimum atomic E-state index is -0.352. The Morgan fingerprint density at radius 2 is 2.33 bits per heavy atom. The van der Waals surface area contributed by atoms with Gasteiger partial charge in [0.1, 0.15) is 0 Å². The quantitative estimate of drug-likeness (QED) is 0.655. The van der Waals surface area contributed by atoms with Crippen LogP contribution in [0.1, 0.15) is 18.4 Å². The normalized spacial score (nSPS) is 18.9. The predicted molar refractivity (Wildman–Crippen MR) is 72.1 cm³/mol. The van der Waals surface area contributed by atoms with E-state index < -0.39 is 0 Å². The van der Waals surface area contributed by atoms with Crippen LogP contribution in [-0.4, -0.2) is 31.1 Å². The molecule has 5 nitrogen and oxygen atoms in total. The Morgan fingerprint density at radius 1 is 1.56 bits per heavy atom. The lowest BCUT2D eigenvalue weighted by Crippen LogP contribution is -2.35. The molecule has 0 aromatic heterocycles. The summed E-state index contributed by atoms with van der Waals surface area (Å²) >= 11 is 0. The summed E-state index contributed by atoms with van der Waals surface area (Å²) in [7, 11) is 2.04. The zero-order chi connectivity index (χ0) is 13.1. The molecule has 1 aromatic carbocycles. The molecular weight excluding hydrogens is 230 g/mol. The van der Waals surface area contributed by atoms with Gasteiger partial charge in [0.15, 0.2) is 0 Å². The number of nitro benzene ring substituents is 1. The molecule has 0 amide bonds. The summed E-state index contributed by atoms with van der Waals surface area (Å²) in [6.45, 7) is 3.96. The molecule has 0 bridgehead atoms. The number of rotatable bonds is 4. The third-order valence-corrected chi connectivity index (χ3v) is 3.46. The Kier molecular flexibility index (Phi) is 3.81. The van der Waals surface area contributed by atoms with E-state index in [-0.39, 0.29) is 10.6 Å². The second-order valence-electron chi connectivity index (χ2n) is 4.90. The molecule has 2 rings (SSSR count). The van der Waals surface area contributed by atoms with Gasteiger partial charge in [0.25, 0.3) is 5.69 Å². The number of likely N-dealkylation sites (N-methyl/N-ethyl adjacent to an activating group) is 1. The first-order valence-corrected chi connectivity index (χ1v) is 6.27. The van der Waals surface area contributed by atoms with Crippen LogP contribution in [0.15, 0.2) is 18.2 Å². The lowest BCUT2D eigenvalue weighted by molar-refractivity contribution is -0.384. The van der Waals surface area contributed by atoms with Crippen molar-refractivity contribution < 1.29 is 4.92 Å². The first-order chi connectivity index (χ1) is 8.58. The molecule has 1 aromatic rings. The monoisotopic (exact) mass is 249 g/mol. The van der Waals surface area contributed by atoms with Crippen LogP contribution < -0.4 is 10.2 Å². The number of non-ortho nitro benzene ring substituents is 1. The molecule has 0 spiro atoms. The van der Waals surface area contributed by atoms with Gasteiger partial charge in [-0.1, -0.05) is 0 Å². The summed E-state index contributed by atoms with van der Waals surface area (Å²) in [4.78, 5) is 12.5. The third-order valence-electron chi connectivity index (χ3n) is 3.46. The minimum absolute atomic E-state index is 0.156. The van der Waals surface area contributed by atoms with Crippen LogP contribution in [0, 0.1) is 17.0 Å². The molecule has 0 aliphatic carbocycles. The van der Waals surface area contributed by atoms with Crippen molar-refractivity contribution in [1.29, 1.82) is 0 Å². The average molecular weight is 249 g/mol. The van der Waals surface area contributed by atoms with Crippen LogP contribution >= 0.6 is 0 Å². The Labute approximate surface area is 107 Å². The number of hydrogen-bond acceptors (Lipinski definition) is 4. The van der Waals surface area contributed by atoms with Crippen molar-refractivity contribution in [2.75, 3.05) is 25.0 Å². The Balaban J connectivity index is 2.09. The maximum absolute atomic E-state index is 10.7. The molecule has 1 heterocycles. The summed E-state index contributed by atoms with van der Waals surface area (Å²) in [5.74, 6) is 0. The number of anilines is 1. The zero-order valence-electron chi connectivity index (χ0n) is 10.8. The van der Waals surface area contributed by atoms with Crippen LogP contribution in [0.3, 0.4) is 0 Å². The number of nitrogens with zero attached hydrogens (tertiary/aromatic N) is 2. The van der Waals surface area contributed by atoms with Gasteiger partial charge in [0.05, 0.1) is 4.92 Å². The van der Waals surface area contributed by atoms with Gasteiger partial charge in [-0.15, -0.1) is 0 Å². The van der Waals surface area contributed by atoms with Gasteiger partial charge < -0.3 is 10.2 Å². The molecular formula is C13H19N3O2. The largest absolute Gasteiger partial charge is 0.373 e. The van der Waals surface area contributed by atoms with Gasteiger partial charge in [0, 0.05) is 37.5 Å². The van der Waals surface area contributed by atoms with Gasteiger partial charge in [-0.2, -0.15) is 0 Å². The number of nitrogens with one attached hydrogen (secondary N) is 1. The maximum Gasteiger partial charge on any atom is 0.269 e. The second kappa shape index (κ2) is 5.35. The van der Waals surface area contributed by atoms with E-state index in [4.69, 9.17) is 0 Å². The number of hydrogen-bond donors (Lipinski definition) is 1. The molecule has 1 unspecified atom stereocenters. The van der Waals surface area contributed by atoms with E-state index >= 15 is 0 Å². The molecule has 1 N–H and O–H groups in total. The van der Waals surface area contributed by atoms with Crippen molar-refractivity contribution >= 4 is 11.4 Å². The van der Waals surface area contributed by atoms with Crippen LogP contribution in [0.2, 0.25) is 0 Å². The van der Waals surface area contributed by atoms with E-state index in [2.05, 4.69) is 10.2 Å². The van der Waals surface area contributed by atoms with Crippen LogP contribution in [0.25, 0.3) is 0 Å². The van der Waals surface area contributed by atoms with E-state index in [0.29, 0.717) is 6.04 Å². The molecule has 1 atom stereocenters. The number of benzene rings is 1. The fourth-order valence-corrected chi connectivity index (χ4v) is 2.52. The molecule has 5 heteroatoms. The molecule has 18 heavy (non-hydrogen) atoms. The molecule has 0 radical (unpaired) electrons. The highest BCUT2D eigenvalue weighted by Gasteiger charge is 2.17. The van der Waals surface area contributed by atoms with Gasteiger partial charge in [0.2, 0.25) is 0 Å². The van der Waals surface area contributed by atoms with Gasteiger partial charge in [-0.25, -0.2) is 0 Å². The fraction of sp³-hybridized carbons (Fsp3) is 0.538. The molecule has 1 fully saturated rings. The zero-order valence-corrected chi connectivity index (χ0v) is 10.8. The summed E-state index contributed by atoms with van der Waals surface area (Å²) < 4.78 is 0. The average Bonchev–Trinajstić information content (AvgIpc) is 2.81. The van der Waals surface area contributed by atoms with Crippen molar-refractivity contribution in [3.8, 4) is 0 Å². The van der Waals surface area contributed by atoms with Crippen LogP contribution in [0.5, 0.6) is 0 Å². The molecule has 98 valence electrons. The van der Waals surface area contributed by atoms with Crippen molar-refractivity contribution in [2.45, 2.75) is 25.8 Å². The smallest absolute Gasteiger partial charge is 0.269 e. The van der Waals surface area contributed by atoms with Crippen LogP contribution in [0.4, 0.5) is 11.4 Å². The summed E-state index contributed by atoms with van der Waals surface area (Å²) in [6, 6.07) is 5.57. The van der Waals surface area contributed by atoms with E-state index in [9.17, 15) is 10.1 Å². The lowest BCUT2D eigenvalue weighted by Gasteiger charge is -2.24. The van der Waals surface area contributed by atoms with E-state index in [1.54, 1.807) is 12.1 Å². The van der Waals surface area contributed by atoms with Gasteiger partial charge in [-0.05, 0) is 37.9 Å². The summed E-state index contributed by atoms with van der Waals surface area (Å²) in [5.41, 5.74) is 2.17. The van der Waals surface area contributed by atoms with Crippen molar-refractivity contribution in [3.05, 3.63) is 33.9 Å². The third kappa shape index (κ3) is 2.79. The topological polar surface area (TPSA) is 58.4 Å². The lowest BCUT2D eigenvalue weighted by atomic mass is 10.1. The van der Waals surface area contributed by atoms with E-state index in [1.165, 1.54) is 12.8 Å². The van der Waals surface area contributed by atoms with Gasteiger partial charge >= 0.3 is 0 Å². The standard InChI is InChI=1S/C13H19N3O2/c1-10-8-12(16(17)18)5-6-13(10)15(2)9-11-4-3-7-14-11/h5-6,8,11,14H,3-4,7,9H2,1-2H3. The Bertz CT molecular complexity index is 442. The van der Waals surface area contributed by atoms with E-state index in [0.717, 1.165) is 24.3 Å². The highest BCUT2D eigenvalue weighted by atomic mass is 16.6. The Hall–Kier alpha value is -1.62. The highest BCUT2D eigenvalue weighted by Crippen LogP contribution is 2.24. The maximum atomic E-state index is 10.7. The van der Waals surface area contributed by atoms with Crippen molar-refractivity contribution in [1.82, 2.24) is 5.32 Å².